The topological polar surface area (TPSA) is 88.7 Å². The molecule has 0 bridgehead atoms. The van der Waals surface area contributed by atoms with E-state index in [0.29, 0.717) is 0 Å². The summed E-state index contributed by atoms with van der Waals surface area (Å²) in [6, 6.07) is 0. The van der Waals surface area contributed by atoms with Crippen LogP contribution >= 0.6 is 0 Å². The van der Waals surface area contributed by atoms with Crippen LogP contribution in [0.5, 0.6) is 0 Å². The van der Waals surface area contributed by atoms with E-state index in [1.807, 2.05) is 4.98 Å². The van der Waals surface area contributed by atoms with Gasteiger partial charge in [0.15, 0.2) is 0 Å². The molecular formula is C10H11N3O4. The molecule has 2 heterocycles. The molecule has 1 saturated heterocycles. The molecule has 0 aliphatic carbocycles. The minimum Gasteiger partial charge on any atom is -0.390 e. The van der Waals surface area contributed by atoms with Crippen molar-refractivity contribution in [3.63, 3.8) is 0 Å². The van der Waals surface area contributed by atoms with Gasteiger partial charge in [-0.25, -0.2) is 9.64 Å². The summed E-state index contributed by atoms with van der Waals surface area (Å²) in [4.78, 5) is 27.8. The second kappa shape index (κ2) is 4.16. The van der Waals surface area contributed by atoms with Crippen LogP contribution in [0.4, 0.5) is 5.69 Å². The molecule has 1 aliphatic rings. The molecule has 90 valence electrons. The van der Waals surface area contributed by atoms with Gasteiger partial charge in [-0.15, -0.1) is 0 Å². The van der Waals surface area contributed by atoms with Crippen LogP contribution in [0, 0.1) is 6.57 Å². The van der Waals surface area contributed by atoms with Crippen molar-refractivity contribution in [3.8, 4) is 0 Å². The molecule has 1 fully saturated rings. The lowest BCUT2D eigenvalue weighted by molar-refractivity contribution is -0.00999. The van der Waals surface area contributed by atoms with E-state index in [4.69, 9.17) is 12.7 Å². The first-order valence-corrected chi connectivity index (χ1v) is 4.92. The maximum Gasteiger partial charge on any atom is 0.328 e. The summed E-state index contributed by atoms with van der Waals surface area (Å²) >= 11 is 0. The average molecular weight is 238 g/mol. The van der Waals surface area contributed by atoms with Gasteiger partial charge in [-0.3, -0.25) is 14.3 Å². The lowest BCUT2D eigenvalue weighted by Gasteiger charge is -2.13. The zero-order valence-electron chi connectivity index (χ0n) is 9.79. The third-order valence-corrected chi connectivity index (χ3v) is 2.58. The Hall–Kier alpha value is -1.91. The van der Waals surface area contributed by atoms with E-state index in [-0.39, 0.29) is 19.0 Å². The molecule has 0 saturated carbocycles. The molecule has 0 aromatic carbocycles. The van der Waals surface area contributed by atoms with Crippen molar-refractivity contribution in [2.75, 3.05) is 0 Å². The van der Waals surface area contributed by atoms with Crippen molar-refractivity contribution in [1.29, 1.82) is 0 Å². The van der Waals surface area contributed by atoms with Crippen LogP contribution in [-0.4, -0.2) is 26.9 Å². The van der Waals surface area contributed by atoms with Gasteiger partial charge >= 0.3 is 5.69 Å². The zero-order chi connectivity index (χ0) is 13.3. The van der Waals surface area contributed by atoms with Crippen molar-refractivity contribution >= 4 is 5.69 Å². The number of aromatic amines is 1. The molecule has 7 nitrogen and oxygen atoms in total. The Morgan fingerprint density at radius 3 is 3.12 bits per heavy atom. The number of ether oxygens (including phenoxy) is 1. The largest absolute Gasteiger partial charge is 0.390 e. The maximum atomic E-state index is 11.6. The van der Waals surface area contributed by atoms with Crippen molar-refractivity contribution in [1.82, 2.24) is 9.55 Å². The quantitative estimate of drug-likeness (QED) is 0.660. The second-order valence-electron chi connectivity index (χ2n) is 3.72. The van der Waals surface area contributed by atoms with Crippen LogP contribution in [0.25, 0.3) is 4.85 Å². The van der Waals surface area contributed by atoms with E-state index in [2.05, 4.69) is 4.85 Å². The Kier molecular flexibility index (Phi) is 2.51. The van der Waals surface area contributed by atoms with Crippen molar-refractivity contribution in [2.24, 2.45) is 0 Å². The standard InChI is InChI=1S/C10H11N3O4/c1-5-7(14)3-8(17-5)13-4-6(11-2)9(15)12-10(13)16/h4-5,7-8,14H,3H2,1H3,(H,12,15,16)/t5-,7?,8-/m1/s1/i1D. The van der Waals surface area contributed by atoms with E-state index < -0.39 is 29.7 Å². The molecule has 0 spiro atoms. The highest BCUT2D eigenvalue weighted by molar-refractivity contribution is 5.38. The Morgan fingerprint density at radius 2 is 2.53 bits per heavy atom. The van der Waals surface area contributed by atoms with Gasteiger partial charge in [0.1, 0.15) is 6.23 Å². The number of hydrogen-bond donors (Lipinski definition) is 2. The van der Waals surface area contributed by atoms with Crippen LogP contribution in [0.1, 0.15) is 20.9 Å². The van der Waals surface area contributed by atoms with Crippen LogP contribution in [0.2, 0.25) is 0 Å². The van der Waals surface area contributed by atoms with Gasteiger partial charge in [0, 0.05) is 14.0 Å². The molecule has 0 amide bonds. The SMILES string of the molecule is [2H]C[C@H]1O[C@@H](n2cc([N+]#[C-])c(=O)[nH]c2=O)CC1O. The van der Waals surface area contributed by atoms with Crippen molar-refractivity contribution < 1.29 is 11.2 Å². The van der Waals surface area contributed by atoms with Gasteiger partial charge < -0.3 is 9.84 Å². The fourth-order valence-electron chi connectivity index (χ4n) is 1.65. The number of nitrogens with one attached hydrogen (secondary N) is 1. The predicted molar refractivity (Wildman–Crippen MR) is 57.8 cm³/mol. The third-order valence-electron chi connectivity index (χ3n) is 2.58. The fraction of sp³-hybridized carbons (Fsp3) is 0.500. The Balaban J connectivity index is 2.39. The van der Waals surface area contributed by atoms with Gasteiger partial charge in [0.2, 0.25) is 0 Å². The maximum absolute atomic E-state index is 11.6. The van der Waals surface area contributed by atoms with Crippen LogP contribution in [0.15, 0.2) is 15.8 Å². The number of hydrogen-bond acceptors (Lipinski definition) is 4. The molecule has 2 N–H and O–H groups in total. The minimum absolute atomic E-state index is 0.120. The van der Waals surface area contributed by atoms with E-state index in [1.54, 1.807) is 0 Å². The minimum atomic E-state index is -0.831. The Bertz CT molecular complexity index is 602. The summed E-state index contributed by atoms with van der Waals surface area (Å²) in [6.07, 6.45) is -1.00. The number of aromatic nitrogens is 2. The smallest absolute Gasteiger partial charge is 0.328 e. The first-order valence-electron chi connectivity index (χ1n) is 5.63. The number of nitrogens with zero attached hydrogens (tertiary/aromatic N) is 2. The second-order valence-corrected chi connectivity index (χ2v) is 3.72. The normalized spacial score (nSPS) is 28.7. The van der Waals surface area contributed by atoms with Crippen LogP contribution < -0.4 is 11.2 Å². The number of aliphatic hydroxyl groups is 1. The fourth-order valence-corrected chi connectivity index (χ4v) is 1.65. The Labute approximate surface area is 97.5 Å². The average Bonchev–Trinajstić information content (AvgIpc) is 2.70. The van der Waals surface area contributed by atoms with Crippen molar-refractivity contribution in [2.45, 2.75) is 31.8 Å². The van der Waals surface area contributed by atoms with Gasteiger partial charge in [0.25, 0.3) is 11.2 Å². The molecule has 0 radical (unpaired) electrons. The molecule has 3 atom stereocenters. The van der Waals surface area contributed by atoms with Gasteiger partial charge in [-0.2, -0.15) is 0 Å². The highest BCUT2D eigenvalue weighted by atomic mass is 16.5. The summed E-state index contributed by atoms with van der Waals surface area (Å²) in [5.74, 6) is 0. The number of rotatable bonds is 1. The molecule has 17 heavy (non-hydrogen) atoms. The first kappa shape index (κ1) is 10.3. The summed E-state index contributed by atoms with van der Waals surface area (Å²) in [5, 5.41) is 9.60. The monoisotopic (exact) mass is 238 g/mol. The van der Waals surface area contributed by atoms with Gasteiger partial charge in [-0.1, -0.05) is 0 Å². The van der Waals surface area contributed by atoms with E-state index in [0.717, 1.165) is 10.8 Å². The van der Waals surface area contributed by atoms with Crippen LogP contribution in [0.3, 0.4) is 0 Å². The summed E-state index contributed by atoms with van der Waals surface area (Å²) < 4.78 is 13.6. The molecule has 1 aromatic rings. The molecule has 2 rings (SSSR count). The van der Waals surface area contributed by atoms with E-state index in [9.17, 15) is 14.7 Å². The highest BCUT2D eigenvalue weighted by Crippen LogP contribution is 2.27. The lowest BCUT2D eigenvalue weighted by Crippen LogP contribution is -2.31. The lowest BCUT2D eigenvalue weighted by atomic mass is 10.2. The summed E-state index contributed by atoms with van der Waals surface area (Å²) in [7, 11) is 0. The molecule has 1 unspecified atom stereocenters. The summed E-state index contributed by atoms with van der Waals surface area (Å²) in [6.45, 7) is 6.69. The summed E-state index contributed by atoms with van der Waals surface area (Å²) in [5.41, 5.74) is -1.67. The zero-order valence-corrected chi connectivity index (χ0v) is 8.79. The van der Waals surface area contributed by atoms with E-state index >= 15 is 0 Å². The highest BCUT2D eigenvalue weighted by Gasteiger charge is 2.32. The number of aliphatic hydroxyl groups excluding tert-OH is 1. The number of H-pyrrole nitrogens is 1. The van der Waals surface area contributed by atoms with Gasteiger partial charge in [-0.05, 0) is 6.90 Å². The molecular weight excluding hydrogens is 226 g/mol. The molecule has 1 aliphatic heterocycles. The van der Waals surface area contributed by atoms with E-state index in [1.165, 1.54) is 0 Å². The predicted octanol–water partition coefficient (Wildman–Crippen LogP) is -0.244. The third kappa shape index (κ3) is 2.00. The van der Waals surface area contributed by atoms with Crippen molar-refractivity contribution in [3.05, 3.63) is 38.5 Å². The molecule has 7 heteroatoms. The van der Waals surface area contributed by atoms with Crippen LogP contribution in [-0.2, 0) is 4.74 Å². The first-order chi connectivity index (χ1) is 8.56. The Morgan fingerprint density at radius 1 is 1.76 bits per heavy atom. The van der Waals surface area contributed by atoms with Gasteiger partial charge in [0.05, 0.1) is 18.8 Å². The molecule has 1 aromatic heterocycles.